The first-order valence-electron chi connectivity index (χ1n) is 13.5. The SMILES string of the molecule is CC1C[C@@H](O)[C@H](COC2CCC(c3ccccc3OCC(=O)OC(C)(C)C)CC2)N1C(=O)OC(C)(C)C. The van der Waals surface area contributed by atoms with Gasteiger partial charge in [0.1, 0.15) is 17.0 Å². The number of hydrogen-bond donors (Lipinski definition) is 1. The van der Waals surface area contributed by atoms with Gasteiger partial charge in [0, 0.05) is 6.04 Å². The molecule has 1 unspecified atom stereocenters. The average molecular weight is 520 g/mol. The first kappa shape index (κ1) is 29.2. The third-order valence-corrected chi connectivity index (χ3v) is 6.76. The number of para-hydroxylation sites is 1. The molecule has 1 aromatic carbocycles. The summed E-state index contributed by atoms with van der Waals surface area (Å²) in [7, 11) is 0. The number of ether oxygens (including phenoxy) is 4. The Hall–Kier alpha value is -2.32. The first-order chi connectivity index (χ1) is 17.2. The number of esters is 1. The van der Waals surface area contributed by atoms with Gasteiger partial charge in [-0.2, -0.15) is 0 Å². The number of aliphatic hydroxyl groups excluding tert-OH is 1. The Labute approximate surface area is 221 Å². The van der Waals surface area contributed by atoms with Crippen molar-refractivity contribution in [3.8, 4) is 5.75 Å². The smallest absolute Gasteiger partial charge is 0.410 e. The number of rotatable bonds is 7. The monoisotopic (exact) mass is 519 g/mol. The largest absolute Gasteiger partial charge is 0.482 e. The lowest BCUT2D eigenvalue weighted by Crippen LogP contribution is -2.47. The van der Waals surface area contributed by atoms with Gasteiger partial charge in [0.25, 0.3) is 0 Å². The highest BCUT2D eigenvalue weighted by Crippen LogP contribution is 2.39. The molecule has 0 spiro atoms. The molecule has 1 aliphatic carbocycles. The second kappa shape index (κ2) is 12.0. The fraction of sp³-hybridized carbons (Fsp3) is 0.724. The molecular formula is C29H45NO7. The van der Waals surface area contributed by atoms with Crippen molar-refractivity contribution in [1.82, 2.24) is 4.90 Å². The van der Waals surface area contributed by atoms with Crippen molar-refractivity contribution < 1.29 is 33.6 Å². The van der Waals surface area contributed by atoms with E-state index in [0.717, 1.165) is 31.2 Å². The molecule has 1 saturated heterocycles. The molecule has 0 bridgehead atoms. The van der Waals surface area contributed by atoms with Crippen LogP contribution in [0.5, 0.6) is 5.75 Å². The van der Waals surface area contributed by atoms with Crippen LogP contribution in [-0.4, -0.2) is 70.8 Å². The molecule has 8 heteroatoms. The van der Waals surface area contributed by atoms with Gasteiger partial charge in [-0.1, -0.05) is 18.2 Å². The number of carbonyl (C=O) groups is 2. The van der Waals surface area contributed by atoms with Crippen molar-refractivity contribution in [3.05, 3.63) is 29.8 Å². The van der Waals surface area contributed by atoms with E-state index >= 15 is 0 Å². The van der Waals surface area contributed by atoms with Crippen LogP contribution < -0.4 is 4.74 Å². The van der Waals surface area contributed by atoms with E-state index in [2.05, 4.69) is 6.07 Å². The maximum Gasteiger partial charge on any atom is 0.410 e. The van der Waals surface area contributed by atoms with Crippen LogP contribution in [0.15, 0.2) is 24.3 Å². The highest BCUT2D eigenvalue weighted by Gasteiger charge is 2.43. The first-order valence-corrected chi connectivity index (χ1v) is 13.5. The fourth-order valence-corrected chi connectivity index (χ4v) is 5.19. The third-order valence-electron chi connectivity index (χ3n) is 6.76. The minimum absolute atomic E-state index is 0.0645. The van der Waals surface area contributed by atoms with Gasteiger partial charge in [-0.3, -0.25) is 4.90 Å². The van der Waals surface area contributed by atoms with Gasteiger partial charge in [-0.05, 0) is 98.1 Å². The van der Waals surface area contributed by atoms with Gasteiger partial charge < -0.3 is 24.1 Å². The Morgan fingerprint density at radius 2 is 1.59 bits per heavy atom. The van der Waals surface area contributed by atoms with E-state index in [4.69, 9.17) is 18.9 Å². The van der Waals surface area contributed by atoms with Crippen LogP contribution in [0.25, 0.3) is 0 Å². The molecule has 1 amide bonds. The molecule has 2 aliphatic rings. The van der Waals surface area contributed by atoms with E-state index in [1.807, 2.05) is 66.7 Å². The molecule has 37 heavy (non-hydrogen) atoms. The summed E-state index contributed by atoms with van der Waals surface area (Å²) in [6.45, 7) is 13.1. The van der Waals surface area contributed by atoms with Crippen LogP contribution in [0.4, 0.5) is 4.79 Å². The van der Waals surface area contributed by atoms with E-state index in [0.29, 0.717) is 18.1 Å². The fourth-order valence-electron chi connectivity index (χ4n) is 5.19. The number of benzene rings is 1. The van der Waals surface area contributed by atoms with Crippen molar-refractivity contribution in [2.75, 3.05) is 13.2 Å². The zero-order valence-corrected chi connectivity index (χ0v) is 23.5. The van der Waals surface area contributed by atoms with E-state index in [1.165, 1.54) is 0 Å². The van der Waals surface area contributed by atoms with Crippen LogP contribution in [0.1, 0.15) is 92.1 Å². The van der Waals surface area contributed by atoms with Crippen LogP contribution in [-0.2, 0) is 19.0 Å². The van der Waals surface area contributed by atoms with Crippen molar-refractivity contribution >= 4 is 12.1 Å². The molecule has 3 atom stereocenters. The lowest BCUT2D eigenvalue weighted by molar-refractivity contribution is -0.157. The van der Waals surface area contributed by atoms with Gasteiger partial charge in [-0.25, -0.2) is 9.59 Å². The summed E-state index contributed by atoms with van der Waals surface area (Å²) in [4.78, 5) is 26.5. The predicted octanol–water partition coefficient (Wildman–Crippen LogP) is 5.21. The minimum atomic E-state index is -0.632. The Kier molecular flexibility index (Phi) is 9.51. The Morgan fingerprint density at radius 1 is 0.973 bits per heavy atom. The second-order valence-corrected chi connectivity index (χ2v) is 12.3. The van der Waals surface area contributed by atoms with Crippen molar-refractivity contribution in [2.24, 2.45) is 0 Å². The summed E-state index contributed by atoms with van der Waals surface area (Å²) >= 11 is 0. The van der Waals surface area contributed by atoms with Gasteiger partial charge in [0.15, 0.2) is 6.61 Å². The molecule has 1 heterocycles. The number of likely N-dealkylation sites (tertiary alicyclic amines) is 1. The molecule has 0 radical (unpaired) electrons. The molecular weight excluding hydrogens is 474 g/mol. The van der Waals surface area contributed by atoms with E-state index in [-0.39, 0.29) is 31.3 Å². The number of aliphatic hydroxyl groups is 1. The highest BCUT2D eigenvalue weighted by atomic mass is 16.6. The standard InChI is InChI=1S/C29H45NO7/c1-19-16-24(31)23(30(19)27(33)37-29(5,6)7)17-34-21-14-12-20(13-15-21)22-10-8-9-11-25(22)35-18-26(32)36-28(2,3)4/h8-11,19-21,23-24,31H,12-18H2,1-7H3/t19?,20?,21?,23-,24+/m0/s1. The van der Waals surface area contributed by atoms with Gasteiger partial charge in [-0.15, -0.1) is 0 Å². The average Bonchev–Trinajstić information content (AvgIpc) is 3.07. The summed E-state index contributed by atoms with van der Waals surface area (Å²) in [6, 6.07) is 7.34. The molecule has 1 aromatic rings. The number of carbonyl (C=O) groups excluding carboxylic acids is 2. The van der Waals surface area contributed by atoms with Gasteiger partial charge in [0.2, 0.25) is 0 Å². The Morgan fingerprint density at radius 3 is 2.22 bits per heavy atom. The summed E-state index contributed by atoms with van der Waals surface area (Å²) in [5.74, 6) is 0.641. The summed E-state index contributed by atoms with van der Waals surface area (Å²) in [6.07, 6.45) is 3.14. The maximum atomic E-state index is 12.8. The van der Waals surface area contributed by atoms with Crippen LogP contribution in [0.3, 0.4) is 0 Å². The molecule has 1 N–H and O–H groups in total. The minimum Gasteiger partial charge on any atom is -0.482 e. The maximum absolute atomic E-state index is 12.8. The normalized spacial score (nSPS) is 26.6. The van der Waals surface area contributed by atoms with Crippen LogP contribution in [0.2, 0.25) is 0 Å². The second-order valence-electron chi connectivity index (χ2n) is 12.3. The Bertz CT molecular complexity index is 912. The van der Waals surface area contributed by atoms with E-state index in [9.17, 15) is 14.7 Å². The van der Waals surface area contributed by atoms with E-state index < -0.39 is 29.4 Å². The van der Waals surface area contributed by atoms with Crippen molar-refractivity contribution in [3.63, 3.8) is 0 Å². The zero-order valence-electron chi connectivity index (χ0n) is 23.5. The highest BCUT2D eigenvalue weighted by molar-refractivity contribution is 5.71. The lowest BCUT2D eigenvalue weighted by Gasteiger charge is -2.34. The molecule has 1 aliphatic heterocycles. The van der Waals surface area contributed by atoms with Crippen LogP contribution in [0, 0.1) is 0 Å². The quantitative estimate of drug-likeness (QED) is 0.494. The summed E-state index contributed by atoms with van der Waals surface area (Å²) in [5, 5.41) is 10.6. The third kappa shape index (κ3) is 8.60. The molecule has 1 saturated carbocycles. The Balaban J connectivity index is 1.52. The predicted molar refractivity (Wildman–Crippen MR) is 141 cm³/mol. The molecule has 2 fully saturated rings. The zero-order chi connectivity index (χ0) is 27.4. The van der Waals surface area contributed by atoms with Crippen molar-refractivity contribution in [2.45, 2.75) is 122 Å². The molecule has 3 rings (SSSR count). The molecule has 208 valence electrons. The summed E-state index contributed by atoms with van der Waals surface area (Å²) in [5.41, 5.74) is -0.0451. The molecule has 0 aromatic heterocycles. The summed E-state index contributed by atoms with van der Waals surface area (Å²) < 4.78 is 23.0. The van der Waals surface area contributed by atoms with Crippen molar-refractivity contribution in [1.29, 1.82) is 0 Å². The number of amides is 1. The lowest BCUT2D eigenvalue weighted by atomic mass is 9.82. The number of nitrogens with zero attached hydrogens (tertiary/aromatic N) is 1. The van der Waals surface area contributed by atoms with Crippen LogP contribution >= 0.6 is 0 Å². The van der Waals surface area contributed by atoms with Gasteiger partial charge >= 0.3 is 12.1 Å². The number of hydrogen-bond acceptors (Lipinski definition) is 7. The topological polar surface area (TPSA) is 94.5 Å². The molecule has 8 nitrogen and oxygen atoms in total. The van der Waals surface area contributed by atoms with E-state index in [1.54, 1.807) is 4.90 Å². The van der Waals surface area contributed by atoms with Gasteiger partial charge in [0.05, 0.1) is 24.9 Å².